The van der Waals surface area contributed by atoms with Gasteiger partial charge < -0.3 is 14.6 Å². The summed E-state index contributed by atoms with van der Waals surface area (Å²) in [4.78, 5) is 10.4. The number of rotatable bonds is 6. The quantitative estimate of drug-likeness (QED) is 0.645. The molecule has 0 spiro atoms. The molecule has 1 saturated carbocycles. The molecule has 1 fully saturated rings. The van der Waals surface area contributed by atoms with Crippen molar-refractivity contribution >= 4 is 17.3 Å². The van der Waals surface area contributed by atoms with Gasteiger partial charge in [-0.25, -0.2) is 0 Å². The van der Waals surface area contributed by atoms with Gasteiger partial charge in [0.1, 0.15) is 12.2 Å². The van der Waals surface area contributed by atoms with E-state index >= 15 is 0 Å². The van der Waals surface area contributed by atoms with Crippen molar-refractivity contribution in [2.24, 2.45) is 0 Å². The Bertz CT molecular complexity index is 496. The third-order valence-corrected chi connectivity index (χ3v) is 3.37. The van der Waals surface area contributed by atoms with Crippen molar-refractivity contribution in [1.82, 2.24) is 0 Å². The van der Waals surface area contributed by atoms with Crippen molar-refractivity contribution in [3.05, 3.63) is 33.3 Å². The smallest absolute Gasteiger partial charge is 0.311 e. The molecule has 0 heterocycles. The molecule has 0 saturated heterocycles. The predicted molar refractivity (Wildman–Crippen MR) is 73.2 cm³/mol. The Morgan fingerprint density at radius 1 is 1.55 bits per heavy atom. The monoisotopic (exact) mass is 301 g/mol. The van der Waals surface area contributed by atoms with Crippen LogP contribution in [0.15, 0.2) is 18.2 Å². The maximum absolute atomic E-state index is 10.9. The summed E-state index contributed by atoms with van der Waals surface area (Å²) in [6.45, 7) is 2.47. The lowest BCUT2D eigenvalue weighted by molar-refractivity contribution is -0.386. The third-order valence-electron chi connectivity index (χ3n) is 3.13. The van der Waals surface area contributed by atoms with Crippen LogP contribution in [0.3, 0.4) is 0 Å². The molecule has 110 valence electrons. The van der Waals surface area contributed by atoms with Gasteiger partial charge in [0.15, 0.2) is 5.75 Å². The highest BCUT2D eigenvalue weighted by Gasteiger charge is 2.43. The maximum atomic E-state index is 10.9. The van der Waals surface area contributed by atoms with Crippen LogP contribution >= 0.6 is 11.6 Å². The lowest BCUT2D eigenvalue weighted by Gasteiger charge is -2.40. The minimum Gasteiger partial charge on any atom is -0.480 e. The molecule has 20 heavy (non-hydrogen) atoms. The van der Waals surface area contributed by atoms with Gasteiger partial charge in [-0.1, -0.05) is 18.5 Å². The van der Waals surface area contributed by atoms with E-state index in [1.165, 1.54) is 18.2 Å². The molecule has 3 unspecified atom stereocenters. The number of nitro groups is 1. The van der Waals surface area contributed by atoms with Gasteiger partial charge >= 0.3 is 5.69 Å². The summed E-state index contributed by atoms with van der Waals surface area (Å²) >= 11 is 5.83. The number of halogens is 1. The second-order valence-corrected chi connectivity index (χ2v) is 5.10. The first-order valence-corrected chi connectivity index (χ1v) is 6.81. The van der Waals surface area contributed by atoms with Crippen molar-refractivity contribution in [1.29, 1.82) is 0 Å². The first kappa shape index (κ1) is 15.0. The van der Waals surface area contributed by atoms with Gasteiger partial charge in [-0.3, -0.25) is 10.1 Å². The molecule has 3 atom stereocenters. The topological polar surface area (TPSA) is 81.8 Å². The number of nitrogens with zero attached hydrogens (tertiary/aromatic N) is 1. The average Bonchev–Trinajstić information content (AvgIpc) is 2.38. The van der Waals surface area contributed by atoms with Crippen LogP contribution in [-0.4, -0.2) is 34.9 Å². The molecular weight excluding hydrogens is 286 g/mol. The molecule has 1 aromatic rings. The molecule has 7 heteroatoms. The number of benzene rings is 1. The molecule has 2 rings (SSSR count). The minimum atomic E-state index is -0.593. The van der Waals surface area contributed by atoms with Crippen LogP contribution in [0.2, 0.25) is 5.02 Å². The van der Waals surface area contributed by atoms with E-state index in [2.05, 4.69) is 0 Å². The van der Waals surface area contributed by atoms with Crippen LogP contribution in [-0.2, 0) is 4.74 Å². The van der Waals surface area contributed by atoms with Crippen LogP contribution in [0.4, 0.5) is 5.69 Å². The van der Waals surface area contributed by atoms with Crippen LogP contribution < -0.4 is 4.74 Å². The van der Waals surface area contributed by atoms with Crippen molar-refractivity contribution in [3.8, 4) is 5.75 Å². The van der Waals surface area contributed by atoms with Gasteiger partial charge in [0, 0.05) is 30.2 Å². The fourth-order valence-electron chi connectivity index (χ4n) is 2.04. The van der Waals surface area contributed by atoms with E-state index in [1.807, 2.05) is 6.92 Å². The van der Waals surface area contributed by atoms with Gasteiger partial charge in [0.05, 0.1) is 11.0 Å². The van der Waals surface area contributed by atoms with Gasteiger partial charge in [0.25, 0.3) is 0 Å². The normalized spacial score (nSPS) is 25.1. The summed E-state index contributed by atoms with van der Waals surface area (Å²) in [6, 6.07) is 4.14. The molecule has 0 amide bonds. The first-order chi connectivity index (χ1) is 9.52. The summed E-state index contributed by atoms with van der Waals surface area (Å²) in [5.74, 6) is 0.101. The standard InChI is InChI=1S/C13H16ClNO5/c1-2-5-19-13-10(16)7-12(13)20-11-6-8(14)3-4-9(11)15(17)18/h3-4,6,10,12-13,16H,2,5,7H2,1H3. The number of hydrogen-bond acceptors (Lipinski definition) is 5. The van der Waals surface area contributed by atoms with Gasteiger partial charge in [0.2, 0.25) is 0 Å². The summed E-state index contributed by atoms with van der Waals surface area (Å²) in [6.07, 6.45) is -0.224. The molecular formula is C13H16ClNO5. The zero-order chi connectivity index (χ0) is 14.7. The van der Waals surface area contributed by atoms with E-state index in [-0.39, 0.29) is 11.4 Å². The van der Waals surface area contributed by atoms with Gasteiger partial charge in [-0.05, 0) is 12.5 Å². The molecule has 1 aliphatic rings. The predicted octanol–water partition coefficient (Wildman–Crippen LogP) is 2.56. The van der Waals surface area contributed by atoms with Crippen molar-refractivity contribution in [2.75, 3.05) is 6.61 Å². The SMILES string of the molecule is CCCOC1C(O)CC1Oc1cc(Cl)ccc1[N+](=O)[O-]. The fraction of sp³-hybridized carbons (Fsp3) is 0.538. The van der Waals surface area contributed by atoms with E-state index in [0.717, 1.165) is 6.42 Å². The first-order valence-electron chi connectivity index (χ1n) is 6.43. The van der Waals surface area contributed by atoms with Crippen LogP contribution in [0.1, 0.15) is 19.8 Å². The largest absolute Gasteiger partial charge is 0.480 e. The lowest BCUT2D eigenvalue weighted by Crippen LogP contribution is -2.55. The van der Waals surface area contributed by atoms with E-state index < -0.39 is 23.2 Å². The van der Waals surface area contributed by atoms with Crippen molar-refractivity contribution in [3.63, 3.8) is 0 Å². The van der Waals surface area contributed by atoms with Gasteiger partial charge in [-0.2, -0.15) is 0 Å². The van der Waals surface area contributed by atoms with E-state index in [0.29, 0.717) is 18.1 Å². The van der Waals surface area contributed by atoms with Crippen molar-refractivity contribution in [2.45, 2.75) is 38.1 Å². The summed E-state index contributed by atoms with van der Waals surface area (Å²) in [5, 5.41) is 20.9. The maximum Gasteiger partial charge on any atom is 0.311 e. The second-order valence-electron chi connectivity index (χ2n) is 4.66. The Balaban J connectivity index is 2.09. The molecule has 0 bridgehead atoms. The Morgan fingerprint density at radius 2 is 2.30 bits per heavy atom. The number of aliphatic hydroxyl groups excluding tert-OH is 1. The van der Waals surface area contributed by atoms with E-state index in [9.17, 15) is 15.2 Å². The highest BCUT2D eigenvalue weighted by molar-refractivity contribution is 6.30. The average molecular weight is 302 g/mol. The Hall–Kier alpha value is -1.37. The molecule has 6 nitrogen and oxygen atoms in total. The molecule has 0 aromatic heterocycles. The summed E-state index contributed by atoms with van der Waals surface area (Å²) in [5.41, 5.74) is -0.148. The van der Waals surface area contributed by atoms with Crippen LogP contribution in [0.25, 0.3) is 0 Å². The Morgan fingerprint density at radius 3 is 2.90 bits per heavy atom. The zero-order valence-corrected chi connectivity index (χ0v) is 11.7. The minimum absolute atomic E-state index is 0.101. The summed E-state index contributed by atoms with van der Waals surface area (Å²) < 4.78 is 11.1. The number of ether oxygens (including phenoxy) is 2. The Labute approximate surface area is 121 Å². The van der Waals surface area contributed by atoms with E-state index in [1.54, 1.807) is 0 Å². The molecule has 1 aliphatic carbocycles. The number of hydrogen-bond donors (Lipinski definition) is 1. The van der Waals surface area contributed by atoms with Crippen LogP contribution in [0.5, 0.6) is 5.75 Å². The van der Waals surface area contributed by atoms with E-state index in [4.69, 9.17) is 21.1 Å². The molecule has 0 aliphatic heterocycles. The molecule has 1 N–H and O–H groups in total. The second kappa shape index (κ2) is 6.39. The van der Waals surface area contributed by atoms with Gasteiger partial charge in [-0.15, -0.1) is 0 Å². The lowest BCUT2D eigenvalue weighted by atomic mass is 9.88. The fourth-order valence-corrected chi connectivity index (χ4v) is 2.20. The molecule has 0 radical (unpaired) electrons. The summed E-state index contributed by atoms with van der Waals surface area (Å²) in [7, 11) is 0. The Kier molecular flexibility index (Phi) is 4.80. The highest BCUT2D eigenvalue weighted by atomic mass is 35.5. The molecule has 1 aromatic carbocycles. The zero-order valence-electron chi connectivity index (χ0n) is 11.0. The number of nitro benzene ring substituents is 1. The highest BCUT2D eigenvalue weighted by Crippen LogP contribution is 2.35. The van der Waals surface area contributed by atoms with Crippen LogP contribution in [0, 0.1) is 10.1 Å². The number of aliphatic hydroxyl groups is 1. The van der Waals surface area contributed by atoms with Crippen molar-refractivity contribution < 1.29 is 19.5 Å². The third kappa shape index (κ3) is 3.20.